The summed E-state index contributed by atoms with van der Waals surface area (Å²) >= 11 is 13.8. The molecule has 2 aromatic carbocycles. The van der Waals surface area contributed by atoms with Crippen LogP contribution in [0, 0.1) is 6.92 Å². The minimum absolute atomic E-state index is 0.187. The van der Waals surface area contributed by atoms with Gasteiger partial charge in [0.25, 0.3) is 5.91 Å². The topological polar surface area (TPSA) is 51.0 Å². The average molecular weight is 445 g/mol. The maximum Gasteiger partial charge on any atom is 0.261 e. The van der Waals surface area contributed by atoms with E-state index in [4.69, 9.17) is 28.2 Å². The van der Waals surface area contributed by atoms with Crippen LogP contribution in [0.5, 0.6) is 0 Å². The number of imidazole rings is 1. The summed E-state index contributed by atoms with van der Waals surface area (Å²) in [6, 6.07) is 11.0. The summed E-state index contributed by atoms with van der Waals surface area (Å²) in [4.78, 5) is 23.8. The predicted octanol–water partition coefficient (Wildman–Crippen LogP) is 5.85. The highest BCUT2D eigenvalue weighted by molar-refractivity contribution is 7.22. The quantitative estimate of drug-likeness (QED) is 0.374. The Morgan fingerprint density at radius 1 is 1.21 bits per heavy atom. The van der Waals surface area contributed by atoms with Crippen molar-refractivity contribution in [3.63, 3.8) is 0 Å². The molecule has 148 valence electrons. The van der Waals surface area contributed by atoms with Crippen LogP contribution in [0.3, 0.4) is 0 Å². The van der Waals surface area contributed by atoms with Crippen LogP contribution >= 0.6 is 34.5 Å². The molecule has 0 aliphatic heterocycles. The second-order valence-electron chi connectivity index (χ2n) is 6.70. The van der Waals surface area contributed by atoms with Gasteiger partial charge >= 0.3 is 0 Å². The first kappa shape index (κ1) is 19.9. The molecule has 8 heteroatoms. The van der Waals surface area contributed by atoms with Gasteiger partial charge in [0.1, 0.15) is 0 Å². The summed E-state index contributed by atoms with van der Waals surface area (Å²) in [6.45, 7) is 3.30. The molecular formula is C21H18Cl2N4OS. The first-order chi connectivity index (χ1) is 14.0. The third-order valence-corrected chi connectivity index (χ3v) is 6.12. The van der Waals surface area contributed by atoms with Crippen molar-refractivity contribution in [2.24, 2.45) is 0 Å². The van der Waals surface area contributed by atoms with Crippen molar-refractivity contribution in [3.05, 3.63) is 76.3 Å². The van der Waals surface area contributed by atoms with E-state index in [1.165, 1.54) is 11.3 Å². The highest BCUT2D eigenvalue weighted by atomic mass is 35.5. The van der Waals surface area contributed by atoms with Crippen LogP contribution in [0.4, 0.5) is 5.13 Å². The van der Waals surface area contributed by atoms with Crippen molar-refractivity contribution in [2.75, 3.05) is 11.4 Å². The zero-order valence-corrected chi connectivity index (χ0v) is 18.0. The number of aromatic nitrogens is 3. The Morgan fingerprint density at radius 2 is 2.07 bits per heavy atom. The normalized spacial score (nSPS) is 11.1. The lowest BCUT2D eigenvalue weighted by atomic mass is 10.2. The van der Waals surface area contributed by atoms with Gasteiger partial charge in [0.15, 0.2) is 5.13 Å². The number of carbonyl (C=O) groups excluding carboxylic acids is 1. The molecule has 2 aromatic heterocycles. The molecule has 0 atom stereocenters. The van der Waals surface area contributed by atoms with E-state index >= 15 is 0 Å². The molecule has 0 N–H and O–H groups in total. The first-order valence-corrected chi connectivity index (χ1v) is 10.7. The molecule has 0 fully saturated rings. The Morgan fingerprint density at radius 3 is 2.83 bits per heavy atom. The summed E-state index contributed by atoms with van der Waals surface area (Å²) < 4.78 is 3.04. The van der Waals surface area contributed by atoms with Crippen LogP contribution in [0.25, 0.3) is 10.2 Å². The molecule has 0 aliphatic carbocycles. The molecular weight excluding hydrogens is 427 g/mol. The summed E-state index contributed by atoms with van der Waals surface area (Å²) in [5, 5.41) is 1.49. The van der Waals surface area contributed by atoms with Gasteiger partial charge in [-0.25, -0.2) is 9.97 Å². The second-order valence-corrected chi connectivity index (χ2v) is 8.56. The molecule has 4 rings (SSSR count). The number of anilines is 1. The van der Waals surface area contributed by atoms with E-state index in [0.717, 1.165) is 28.7 Å². The van der Waals surface area contributed by atoms with Crippen LogP contribution in [0.2, 0.25) is 10.0 Å². The van der Waals surface area contributed by atoms with E-state index in [1.807, 2.05) is 29.8 Å². The number of carbonyl (C=O) groups is 1. The van der Waals surface area contributed by atoms with Crippen LogP contribution in [-0.4, -0.2) is 27.0 Å². The van der Waals surface area contributed by atoms with Crippen molar-refractivity contribution in [1.82, 2.24) is 14.5 Å². The van der Waals surface area contributed by atoms with Gasteiger partial charge in [-0.3, -0.25) is 9.69 Å². The smallest absolute Gasteiger partial charge is 0.261 e. The van der Waals surface area contributed by atoms with Crippen molar-refractivity contribution in [2.45, 2.75) is 19.9 Å². The molecule has 5 nitrogen and oxygen atoms in total. The molecule has 0 bridgehead atoms. The minimum atomic E-state index is -0.187. The van der Waals surface area contributed by atoms with Gasteiger partial charge in [-0.2, -0.15) is 0 Å². The lowest BCUT2D eigenvalue weighted by Crippen LogP contribution is -2.32. The number of halogens is 2. The molecule has 4 aromatic rings. The second kappa shape index (κ2) is 8.53. The van der Waals surface area contributed by atoms with Crippen molar-refractivity contribution >= 4 is 55.8 Å². The number of hydrogen-bond donors (Lipinski definition) is 0. The van der Waals surface area contributed by atoms with Gasteiger partial charge in [0.05, 0.1) is 27.1 Å². The van der Waals surface area contributed by atoms with Crippen LogP contribution in [0.15, 0.2) is 55.1 Å². The van der Waals surface area contributed by atoms with E-state index in [2.05, 4.69) is 11.1 Å². The maximum atomic E-state index is 13.4. The number of rotatable bonds is 6. The summed E-state index contributed by atoms with van der Waals surface area (Å²) in [7, 11) is 0. The molecule has 0 radical (unpaired) electrons. The summed E-state index contributed by atoms with van der Waals surface area (Å²) in [5.41, 5.74) is 2.45. The zero-order chi connectivity index (χ0) is 20.4. The van der Waals surface area contributed by atoms with Crippen LogP contribution < -0.4 is 4.90 Å². The average Bonchev–Trinajstić information content (AvgIpc) is 3.34. The molecule has 0 unspecified atom stereocenters. The Balaban J connectivity index is 1.66. The fourth-order valence-electron chi connectivity index (χ4n) is 3.06. The van der Waals surface area contributed by atoms with Gasteiger partial charge < -0.3 is 4.57 Å². The van der Waals surface area contributed by atoms with E-state index in [1.54, 1.807) is 35.6 Å². The standard InChI is InChI=1S/C21H18Cl2N4OS/c1-14-3-6-18-19(11-14)29-21(25-18)27(9-2-8-26-10-7-24-13-26)20(28)16-5-4-15(22)12-17(16)23/h3-7,10-13H,2,8-9H2,1H3. The van der Waals surface area contributed by atoms with Gasteiger partial charge in [-0.15, -0.1) is 0 Å². The Labute approximate surface area is 182 Å². The highest BCUT2D eigenvalue weighted by Gasteiger charge is 2.23. The number of amides is 1. The van der Waals surface area contributed by atoms with E-state index < -0.39 is 0 Å². The maximum absolute atomic E-state index is 13.4. The summed E-state index contributed by atoms with van der Waals surface area (Å²) in [6.07, 6.45) is 6.17. The Hall–Kier alpha value is -2.41. The fourth-order valence-corrected chi connectivity index (χ4v) is 4.64. The third kappa shape index (κ3) is 4.45. The molecule has 2 heterocycles. The monoisotopic (exact) mass is 444 g/mol. The number of fused-ring (bicyclic) bond motifs is 1. The molecule has 1 amide bonds. The number of thiazole rings is 1. The molecule has 0 saturated heterocycles. The van der Waals surface area contributed by atoms with Crippen LogP contribution in [-0.2, 0) is 6.54 Å². The first-order valence-electron chi connectivity index (χ1n) is 9.11. The molecule has 0 saturated carbocycles. The van der Waals surface area contributed by atoms with Crippen molar-refractivity contribution < 1.29 is 4.79 Å². The van der Waals surface area contributed by atoms with Gasteiger partial charge in [-0.1, -0.05) is 40.6 Å². The van der Waals surface area contributed by atoms with Crippen LogP contribution in [0.1, 0.15) is 22.3 Å². The van der Waals surface area contributed by atoms with Crippen molar-refractivity contribution in [1.29, 1.82) is 0 Å². The Bertz CT molecular complexity index is 1160. The minimum Gasteiger partial charge on any atom is -0.337 e. The van der Waals surface area contributed by atoms with E-state index in [0.29, 0.717) is 27.3 Å². The van der Waals surface area contributed by atoms with Crippen molar-refractivity contribution in [3.8, 4) is 0 Å². The van der Waals surface area contributed by atoms with Gasteiger partial charge in [0, 0.05) is 30.5 Å². The molecule has 0 spiro atoms. The third-order valence-electron chi connectivity index (χ3n) is 4.53. The number of hydrogen-bond acceptors (Lipinski definition) is 4. The van der Waals surface area contributed by atoms with E-state index in [-0.39, 0.29) is 5.91 Å². The Kier molecular flexibility index (Phi) is 5.85. The molecule has 29 heavy (non-hydrogen) atoms. The highest BCUT2D eigenvalue weighted by Crippen LogP contribution is 2.32. The zero-order valence-electron chi connectivity index (χ0n) is 15.7. The van der Waals surface area contributed by atoms with Gasteiger partial charge in [0.2, 0.25) is 0 Å². The summed E-state index contributed by atoms with van der Waals surface area (Å²) in [5.74, 6) is -0.187. The lowest BCUT2D eigenvalue weighted by molar-refractivity contribution is 0.0986. The number of aryl methyl sites for hydroxylation is 2. The number of benzene rings is 2. The van der Waals surface area contributed by atoms with Gasteiger partial charge in [-0.05, 0) is 49.2 Å². The molecule has 0 aliphatic rings. The SMILES string of the molecule is Cc1ccc2nc(N(CCCn3ccnc3)C(=O)c3ccc(Cl)cc3Cl)sc2c1. The predicted molar refractivity (Wildman–Crippen MR) is 119 cm³/mol. The number of nitrogens with zero attached hydrogens (tertiary/aromatic N) is 4. The largest absolute Gasteiger partial charge is 0.337 e. The van der Waals surface area contributed by atoms with E-state index in [9.17, 15) is 4.79 Å². The lowest BCUT2D eigenvalue weighted by Gasteiger charge is -2.20. The fraction of sp³-hybridized carbons (Fsp3) is 0.190.